The Bertz CT molecular complexity index is 627. The van der Waals surface area contributed by atoms with Crippen molar-refractivity contribution in [2.45, 2.75) is 36.4 Å². The van der Waals surface area contributed by atoms with Crippen molar-refractivity contribution in [3.8, 4) is 0 Å². The van der Waals surface area contributed by atoms with E-state index in [2.05, 4.69) is 5.10 Å². The quantitative estimate of drug-likeness (QED) is 0.363. The first-order chi connectivity index (χ1) is 9.13. The third kappa shape index (κ3) is 1.71. The van der Waals surface area contributed by atoms with Gasteiger partial charge in [-0.2, -0.15) is 5.10 Å². The third-order valence-corrected chi connectivity index (χ3v) is 6.18. The van der Waals surface area contributed by atoms with Crippen molar-refractivity contribution in [1.82, 2.24) is 10.3 Å². The minimum atomic E-state index is -3.93. The van der Waals surface area contributed by atoms with Gasteiger partial charge < -0.3 is 10.0 Å². The first-order valence-electron chi connectivity index (χ1n) is 5.71. The lowest BCUT2D eigenvalue weighted by molar-refractivity contribution is -0.156. The predicted octanol–water partition coefficient (Wildman–Crippen LogP) is -1.69. The third-order valence-electron chi connectivity index (χ3n) is 3.52. The summed E-state index contributed by atoms with van der Waals surface area (Å²) in [4.78, 5) is 34.4. The van der Waals surface area contributed by atoms with E-state index in [1.807, 2.05) is 5.43 Å². The maximum Gasteiger partial charge on any atom is 0.328 e. The van der Waals surface area contributed by atoms with Crippen LogP contribution in [0.3, 0.4) is 0 Å². The number of amides is 2. The van der Waals surface area contributed by atoms with Gasteiger partial charge in [0.2, 0.25) is 11.8 Å². The molecule has 0 radical (unpaired) electrons. The van der Waals surface area contributed by atoms with Crippen molar-refractivity contribution in [2.75, 3.05) is 0 Å². The Morgan fingerprint density at radius 1 is 1.55 bits per heavy atom. The Morgan fingerprint density at radius 3 is 2.60 bits per heavy atom. The largest absolute Gasteiger partial charge is 0.480 e. The summed E-state index contributed by atoms with van der Waals surface area (Å²) in [6.07, 6.45) is 0.643. The van der Waals surface area contributed by atoms with Crippen LogP contribution in [0.5, 0.6) is 0 Å². The molecule has 20 heavy (non-hydrogen) atoms. The second-order valence-corrected chi connectivity index (χ2v) is 7.37. The first-order valence-corrected chi connectivity index (χ1v) is 7.26. The van der Waals surface area contributed by atoms with Crippen LogP contribution >= 0.6 is 0 Å². The van der Waals surface area contributed by atoms with Gasteiger partial charge >= 0.3 is 5.97 Å². The van der Waals surface area contributed by atoms with Gasteiger partial charge in [-0.25, -0.2) is 18.6 Å². The van der Waals surface area contributed by atoms with Crippen LogP contribution in [0.2, 0.25) is 0 Å². The lowest BCUT2D eigenvalue weighted by atomic mass is 9.97. The standard InChI is InChI=1S/C10H13N3O6S/c1-5(14)12-11-4-10(2)8(9(16)17)13-6(15)3-7(13)20(10,18)19/h4,7-8H,3H2,1-2H3,(H,12,14)(H,16,17)/b11-4+/t7-,8+,10+/m1/s1. The van der Waals surface area contributed by atoms with E-state index in [4.69, 9.17) is 0 Å². The zero-order valence-corrected chi connectivity index (χ0v) is 11.5. The number of β-lactam (4-membered cyclic amide) rings is 1. The highest BCUT2D eigenvalue weighted by molar-refractivity contribution is 7.94. The molecule has 0 aromatic heterocycles. The summed E-state index contributed by atoms with van der Waals surface area (Å²) in [7, 11) is -3.93. The summed E-state index contributed by atoms with van der Waals surface area (Å²) in [6.45, 7) is 2.35. The zero-order valence-electron chi connectivity index (χ0n) is 10.7. The van der Waals surface area contributed by atoms with Crippen molar-refractivity contribution >= 4 is 33.8 Å². The molecule has 2 amide bonds. The molecule has 0 bridgehead atoms. The van der Waals surface area contributed by atoms with E-state index in [0.29, 0.717) is 0 Å². The summed E-state index contributed by atoms with van der Waals surface area (Å²) >= 11 is 0. The number of hydrazone groups is 1. The van der Waals surface area contributed by atoms with Gasteiger partial charge in [-0.15, -0.1) is 0 Å². The number of carboxylic acids is 1. The molecule has 10 heteroatoms. The van der Waals surface area contributed by atoms with Crippen LogP contribution in [0.25, 0.3) is 0 Å². The second-order valence-electron chi connectivity index (χ2n) is 4.86. The number of nitrogens with zero attached hydrogens (tertiary/aromatic N) is 2. The van der Waals surface area contributed by atoms with E-state index >= 15 is 0 Å². The molecule has 110 valence electrons. The molecule has 2 heterocycles. The Balaban J connectivity index is 2.47. The summed E-state index contributed by atoms with van der Waals surface area (Å²) in [6, 6.07) is -1.55. The van der Waals surface area contributed by atoms with Gasteiger partial charge in [0.1, 0.15) is 10.1 Å². The molecule has 0 spiro atoms. The number of nitrogens with one attached hydrogen (secondary N) is 1. The van der Waals surface area contributed by atoms with Gasteiger partial charge in [-0.3, -0.25) is 9.59 Å². The summed E-state index contributed by atoms with van der Waals surface area (Å²) in [5.41, 5.74) is 2.03. The maximum atomic E-state index is 12.4. The molecule has 0 aromatic carbocycles. The van der Waals surface area contributed by atoms with Crippen molar-refractivity contribution in [2.24, 2.45) is 5.10 Å². The predicted molar refractivity (Wildman–Crippen MR) is 66.3 cm³/mol. The smallest absolute Gasteiger partial charge is 0.328 e. The fourth-order valence-electron chi connectivity index (χ4n) is 2.46. The highest BCUT2D eigenvalue weighted by atomic mass is 32.2. The molecule has 3 atom stereocenters. The number of fused-ring (bicyclic) bond motifs is 1. The summed E-state index contributed by atoms with van der Waals surface area (Å²) in [5, 5.41) is 11.6. The van der Waals surface area contributed by atoms with E-state index in [1.165, 1.54) is 13.8 Å². The monoisotopic (exact) mass is 303 g/mol. The molecule has 0 unspecified atom stereocenters. The van der Waals surface area contributed by atoms with Crippen molar-refractivity contribution in [3.63, 3.8) is 0 Å². The summed E-state index contributed by atoms with van der Waals surface area (Å²) in [5.74, 6) is -2.48. The average molecular weight is 303 g/mol. The molecule has 2 N–H and O–H groups in total. The maximum absolute atomic E-state index is 12.4. The van der Waals surface area contributed by atoms with Crippen LogP contribution < -0.4 is 5.43 Å². The van der Waals surface area contributed by atoms with Gasteiger partial charge in [-0.05, 0) is 6.92 Å². The normalized spacial score (nSPS) is 34.7. The number of sulfone groups is 1. The molecule has 2 saturated heterocycles. The average Bonchev–Trinajstić information content (AvgIpc) is 2.43. The number of aliphatic carboxylic acids is 1. The minimum absolute atomic E-state index is 0.227. The molecule has 2 rings (SSSR count). The van der Waals surface area contributed by atoms with Gasteiger partial charge in [0.05, 0.1) is 6.42 Å². The number of carboxylic acid groups (broad SMARTS) is 1. The van der Waals surface area contributed by atoms with Crippen LogP contribution in [-0.4, -0.2) is 58.6 Å². The van der Waals surface area contributed by atoms with Gasteiger partial charge in [0, 0.05) is 13.1 Å². The van der Waals surface area contributed by atoms with Gasteiger partial charge in [0.25, 0.3) is 0 Å². The molecule has 2 aliphatic heterocycles. The number of hydrogen-bond acceptors (Lipinski definition) is 6. The molecule has 2 fully saturated rings. The van der Waals surface area contributed by atoms with Crippen LogP contribution in [0.4, 0.5) is 0 Å². The van der Waals surface area contributed by atoms with Gasteiger partial charge in [0.15, 0.2) is 15.9 Å². The Labute approximate surface area is 114 Å². The fourth-order valence-corrected chi connectivity index (χ4v) is 4.67. The van der Waals surface area contributed by atoms with E-state index in [-0.39, 0.29) is 6.42 Å². The molecule has 9 nitrogen and oxygen atoms in total. The van der Waals surface area contributed by atoms with Crippen molar-refractivity contribution < 1.29 is 27.9 Å². The molecular weight excluding hydrogens is 290 g/mol. The molecular formula is C10H13N3O6S. The SMILES string of the molecule is CC(=O)N/N=C/[C@@]1(C)[C@H](C(=O)O)N2C(=O)C[C@H]2S1(=O)=O. The number of rotatable bonds is 3. The number of carbonyl (C=O) groups is 3. The Hall–Kier alpha value is -1.97. The van der Waals surface area contributed by atoms with Crippen LogP contribution in [0, 0.1) is 0 Å². The highest BCUT2D eigenvalue weighted by Crippen LogP contribution is 2.45. The number of hydrogen-bond donors (Lipinski definition) is 2. The van der Waals surface area contributed by atoms with E-state index in [9.17, 15) is 27.9 Å². The minimum Gasteiger partial charge on any atom is -0.480 e. The van der Waals surface area contributed by atoms with Crippen molar-refractivity contribution in [3.05, 3.63) is 0 Å². The lowest BCUT2D eigenvalue weighted by Crippen LogP contribution is -2.57. The van der Waals surface area contributed by atoms with E-state index in [1.54, 1.807) is 0 Å². The Morgan fingerprint density at radius 2 is 2.15 bits per heavy atom. The van der Waals surface area contributed by atoms with E-state index in [0.717, 1.165) is 11.1 Å². The lowest BCUT2D eigenvalue weighted by Gasteiger charge is -2.35. The highest BCUT2D eigenvalue weighted by Gasteiger charge is 2.69. The van der Waals surface area contributed by atoms with Crippen LogP contribution in [0.1, 0.15) is 20.3 Å². The molecule has 0 saturated carbocycles. The number of carbonyl (C=O) groups excluding carboxylic acids is 2. The topological polar surface area (TPSA) is 133 Å². The molecule has 0 aromatic rings. The zero-order chi connectivity index (χ0) is 15.3. The van der Waals surface area contributed by atoms with E-state index < -0.39 is 43.8 Å². The van der Waals surface area contributed by atoms with Crippen LogP contribution in [0.15, 0.2) is 5.10 Å². The van der Waals surface area contributed by atoms with Crippen LogP contribution in [-0.2, 0) is 24.2 Å². The molecule has 0 aliphatic carbocycles. The fraction of sp³-hybridized carbons (Fsp3) is 0.600. The molecule has 2 aliphatic rings. The second kappa shape index (κ2) is 4.27. The Kier molecular flexibility index (Phi) is 3.08. The first kappa shape index (κ1) is 14.4. The van der Waals surface area contributed by atoms with Gasteiger partial charge in [-0.1, -0.05) is 0 Å². The summed E-state index contributed by atoms with van der Waals surface area (Å²) < 4.78 is 22.8. The van der Waals surface area contributed by atoms with Crippen molar-refractivity contribution in [1.29, 1.82) is 0 Å².